The Hall–Kier alpha value is -3.20. The summed E-state index contributed by atoms with van der Waals surface area (Å²) in [5.74, 6) is -1.55. The number of benzene rings is 2. The zero-order chi connectivity index (χ0) is 22.2. The summed E-state index contributed by atoms with van der Waals surface area (Å²) in [6, 6.07) is 15.8. The molecule has 2 amide bonds. The minimum absolute atomic E-state index is 0.117. The molecule has 0 unspecified atom stereocenters. The fourth-order valence-corrected chi connectivity index (χ4v) is 3.61. The van der Waals surface area contributed by atoms with Crippen LogP contribution in [0.25, 0.3) is 10.4 Å². The Balaban J connectivity index is 1.49. The monoisotopic (exact) mass is 458 g/mol. The molecule has 0 fully saturated rings. The average molecular weight is 459 g/mol. The van der Waals surface area contributed by atoms with Crippen molar-refractivity contribution in [3.8, 4) is 10.4 Å². The number of carbonyl (C=O) groups is 3. The summed E-state index contributed by atoms with van der Waals surface area (Å²) in [5.41, 5.74) is 1.98. The van der Waals surface area contributed by atoms with Crippen molar-refractivity contribution in [1.82, 2.24) is 0 Å². The first-order valence-electron chi connectivity index (χ1n) is 9.15. The first kappa shape index (κ1) is 22.5. The summed E-state index contributed by atoms with van der Waals surface area (Å²) in [7, 11) is 1.23. The highest BCUT2D eigenvalue weighted by Crippen LogP contribution is 2.26. The van der Waals surface area contributed by atoms with Crippen LogP contribution in [0.2, 0.25) is 5.02 Å². The maximum atomic E-state index is 12.1. The van der Waals surface area contributed by atoms with Gasteiger partial charge in [-0.05, 0) is 47.3 Å². The van der Waals surface area contributed by atoms with E-state index in [1.165, 1.54) is 25.3 Å². The van der Waals surface area contributed by atoms with Gasteiger partial charge in [-0.15, -0.1) is 11.3 Å². The topological polar surface area (TPSA) is 93.7 Å². The van der Waals surface area contributed by atoms with Crippen molar-refractivity contribution in [3.05, 3.63) is 70.6 Å². The molecule has 0 saturated heterocycles. The zero-order valence-electron chi connectivity index (χ0n) is 16.5. The molecule has 0 aliphatic heterocycles. The van der Waals surface area contributed by atoms with Gasteiger partial charge in [0.05, 0.1) is 18.4 Å². The summed E-state index contributed by atoms with van der Waals surface area (Å²) in [4.78, 5) is 37.2. The van der Waals surface area contributed by atoms with E-state index < -0.39 is 17.8 Å². The van der Waals surface area contributed by atoms with Crippen molar-refractivity contribution in [2.45, 2.75) is 0 Å². The van der Waals surface area contributed by atoms with Gasteiger partial charge in [0.25, 0.3) is 0 Å². The minimum Gasteiger partial charge on any atom is -0.465 e. The zero-order valence-corrected chi connectivity index (χ0v) is 18.1. The third-order valence-corrected chi connectivity index (χ3v) is 5.23. The Bertz CT molecular complexity index is 1090. The molecule has 0 radical (unpaired) electrons. The quantitative estimate of drug-likeness (QED) is 0.486. The van der Waals surface area contributed by atoms with E-state index in [-0.39, 0.29) is 24.5 Å². The Morgan fingerprint density at radius 1 is 0.968 bits per heavy atom. The summed E-state index contributed by atoms with van der Waals surface area (Å²) >= 11 is 7.50. The van der Waals surface area contributed by atoms with E-state index in [2.05, 4.69) is 15.4 Å². The summed E-state index contributed by atoms with van der Waals surface area (Å²) in [5, 5.41) is 7.60. The molecule has 0 aliphatic rings. The highest BCUT2D eigenvalue weighted by atomic mass is 35.5. The molecule has 0 aliphatic carbocycles. The van der Waals surface area contributed by atoms with E-state index in [1.807, 2.05) is 35.7 Å². The Morgan fingerprint density at radius 3 is 2.45 bits per heavy atom. The van der Waals surface area contributed by atoms with E-state index in [1.54, 1.807) is 17.4 Å². The molecule has 0 bridgehead atoms. The number of ether oxygens (including phenoxy) is 2. The van der Waals surface area contributed by atoms with Gasteiger partial charge in [0.2, 0.25) is 11.8 Å². The lowest BCUT2D eigenvalue weighted by atomic mass is 10.1. The van der Waals surface area contributed by atoms with Crippen LogP contribution >= 0.6 is 22.9 Å². The number of thiophene rings is 1. The van der Waals surface area contributed by atoms with Gasteiger partial charge in [-0.3, -0.25) is 9.59 Å². The predicted octanol–water partition coefficient (Wildman–Crippen LogP) is 4.45. The largest absolute Gasteiger partial charge is 0.465 e. The number of methoxy groups -OCH3 is 1. The van der Waals surface area contributed by atoms with Gasteiger partial charge in [-0.2, -0.15) is 0 Å². The van der Waals surface area contributed by atoms with E-state index in [0.29, 0.717) is 10.7 Å². The lowest BCUT2D eigenvalue weighted by Gasteiger charge is -2.11. The summed E-state index contributed by atoms with van der Waals surface area (Å²) in [6.07, 6.45) is 0. The van der Waals surface area contributed by atoms with Crippen LogP contribution in [0.4, 0.5) is 11.4 Å². The smallest absolute Gasteiger partial charge is 0.340 e. The maximum Gasteiger partial charge on any atom is 0.340 e. The fourth-order valence-electron chi connectivity index (χ4n) is 2.72. The SMILES string of the molecule is COC(=O)c1cc(Cl)ccc1NC(=O)COCC(=O)Nc1cccc(-c2cccs2)c1. The van der Waals surface area contributed by atoms with Crippen LogP contribution in [-0.2, 0) is 19.1 Å². The average Bonchev–Trinajstić information content (AvgIpc) is 3.29. The molecule has 0 saturated carbocycles. The van der Waals surface area contributed by atoms with Crippen LogP contribution < -0.4 is 10.6 Å². The number of esters is 1. The third kappa shape index (κ3) is 6.39. The Labute approximate surface area is 187 Å². The molecule has 2 aromatic carbocycles. The van der Waals surface area contributed by atoms with Crippen molar-refractivity contribution in [3.63, 3.8) is 0 Å². The van der Waals surface area contributed by atoms with Crippen LogP contribution in [0, 0.1) is 0 Å². The number of anilines is 2. The highest BCUT2D eigenvalue weighted by Gasteiger charge is 2.15. The Morgan fingerprint density at radius 2 is 1.74 bits per heavy atom. The molecule has 1 heterocycles. The molecular weight excluding hydrogens is 440 g/mol. The van der Waals surface area contributed by atoms with Crippen LogP contribution in [0.15, 0.2) is 60.0 Å². The van der Waals surface area contributed by atoms with Crippen molar-refractivity contribution in [1.29, 1.82) is 0 Å². The maximum absolute atomic E-state index is 12.1. The molecule has 3 rings (SSSR count). The van der Waals surface area contributed by atoms with Crippen LogP contribution in [0.3, 0.4) is 0 Å². The molecule has 7 nitrogen and oxygen atoms in total. The lowest BCUT2D eigenvalue weighted by Crippen LogP contribution is -2.24. The van der Waals surface area contributed by atoms with Crippen molar-refractivity contribution >= 4 is 52.1 Å². The van der Waals surface area contributed by atoms with E-state index in [9.17, 15) is 14.4 Å². The van der Waals surface area contributed by atoms with Crippen LogP contribution in [0.5, 0.6) is 0 Å². The number of halogens is 1. The second kappa shape index (κ2) is 10.7. The molecule has 3 aromatic rings. The first-order valence-corrected chi connectivity index (χ1v) is 10.4. The molecule has 160 valence electrons. The van der Waals surface area contributed by atoms with Gasteiger partial charge >= 0.3 is 5.97 Å². The van der Waals surface area contributed by atoms with E-state index >= 15 is 0 Å². The highest BCUT2D eigenvalue weighted by molar-refractivity contribution is 7.13. The number of hydrogen-bond acceptors (Lipinski definition) is 6. The fraction of sp³-hybridized carbons (Fsp3) is 0.136. The second-order valence-corrected chi connectivity index (χ2v) is 7.71. The van der Waals surface area contributed by atoms with Crippen LogP contribution in [-0.4, -0.2) is 38.1 Å². The minimum atomic E-state index is -0.636. The number of hydrogen-bond donors (Lipinski definition) is 2. The lowest BCUT2D eigenvalue weighted by molar-refractivity contribution is -0.125. The van der Waals surface area contributed by atoms with Crippen molar-refractivity contribution in [2.24, 2.45) is 0 Å². The molecule has 0 atom stereocenters. The number of nitrogens with one attached hydrogen (secondary N) is 2. The Kier molecular flexibility index (Phi) is 7.77. The number of rotatable bonds is 8. The standard InChI is InChI=1S/C22H19ClN2O5S/c1-29-22(28)17-11-15(23)7-8-18(17)25-21(27)13-30-12-20(26)24-16-5-2-4-14(10-16)19-6-3-9-31-19/h2-11H,12-13H2,1H3,(H,24,26)(H,25,27). The molecule has 31 heavy (non-hydrogen) atoms. The first-order chi connectivity index (χ1) is 15.0. The summed E-state index contributed by atoms with van der Waals surface area (Å²) in [6.45, 7) is -0.674. The molecule has 1 aromatic heterocycles. The predicted molar refractivity (Wildman–Crippen MR) is 121 cm³/mol. The van der Waals surface area contributed by atoms with E-state index in [0.717, 1.165) is 10.4 Å². The van der Waals surface area contributed by atoms with Crippen molar-refractivity contribution in [2.75, 3.05) is 31.0 Å². The number of amides is 2. The van der Waals surface area contributed by atoms with Gasteiger partial charge in [-0.25, -0.2) is 4.79 Å². The van der Waals surface area contributed by atoms with Gasteiger partial charge in [0, 0.05) is 15.6 Å². The normalized spacial score (nSPS) is 10.4. The third-order valence-electron chi connectivity index (χ3n) is 4.08. The second-order valence-electron chi connectivity index (χ2n) is 6.33. The molecule has 9 heteroatoms. The molecule has 0 spiro atoms. The molecule has 2 N–H and O–H groups in total. The van der Waals surface area contributed by atoms with Gasteiger partial charge < -0.3 is 20.1 Å². The number of carbonyl (C=O) groups excluding carboxylic acids is 3. The van der Waals surface area contributed by atoms with Gasteiger partial charge in [0.15, 0.2) is 0 Å². The summed E-state index contributed by atoms with van der Waals surface area (Å²) < 4.78 is 9.87. The molecular formula is C22H19ClN2O5S. The van der Waals surface area contributed by atoms with E-state index in [4.69, 9.17) is 16.3 Å². The van der Waals surface area contributed by atoms with Crippen LogP contribution in [0.1, 0.15) is 10.4 Å². The van der Waals surface area contributed by atoms with Gasteiger partial charge in [-0.1, -0.05) is 29.8 Å². The van der Waals surface area contributed by atoms with Gasteiger partial charge in [0.1, 0.15) is 13.2 Å². The van der Waals surface area contributed by atoms with Crippen molar-refractivity contribution < 1.29 is 23.9 Å².